The van der Waals surface area contributed by atoms with Crippen LogP contribution in [0.5, 0.6) is 0 Å². The van der Waals surface area contributed by atoms with Crippen LogP contribution in [0, 0.1) is 0 Å². The molecule has 8 aromatic rings. The number of hydrogen-bond acceptors (Lipinski definition) is 1. The van der Waals surface area contributed by atoms with E-state index in [9.17, 15) is 0 Å². The molecule has 0 aromatic heterocycles. The highest BCUT2D eigenvalue weighted by Gasteiger charge is 2.46. The molecule has 2 aliphatic rings. The third-order valence-electron chi connectivity index (χ3n) is 10.1. The van der Waals surface area contributed by atoms with Crippen molar-refractivity contribution in [3.8, 4) is 33.4 Å². The summed E-state index contributed by atoms with van der Waals surface area (Å²) >= 11 is 1.88. The summed E-state index contributed by atoms with van der Waals surface area (Å²) < 4.78 is 0. The Bertz CT molecular complexity index is 2480. The Labute approximate surface area is 273 Å². The van der Waals surface area contributed by atoms with Crippen molar-refractivity contribution in [3.05, 3.63) is 192 Å². The first-order chi connectivity index (χ1) is 22.8. The van der Waals surface area contributed by atoms with Crippen LogP contribution in [0.3, 0.4) is 0 Å². The molecule has 8 aromatic carbocycles. The molecule has 1 aliphatic carbocycles. The van der Waals surface area contributed by atoms with Gasteiger partial charge in [-0.1, -0.05) is 163 Å². The molecule has 1 aliphatic heterocycles. The van der Waals surface area contributed by atoms with E-state index < -0.39 is 5.41 Å². The molecule has 0 bridgehead atoms. The Morgan fingerprint density at radius 1 is 0.391 bits per heavy atom. The van der Waals surface area contributed by atoms with E-state index in [2.05, 4.69) is 170 Å². The maximum atomic E-state index is 2.39. The van der Waals surface area contributed by atoms with Gasteiger partial charge in [0.05, 0.1) is 5.41 Å². The molecule has 0 amide bonds. The first-order valence-corrected chi connectivity index (χ1v) is 16.7. The molecule has 0 spiro atoms. The molecule has 0 fully saturated rings. The van der Waals surface area contributed by atoms with Gasteiger partial charge in [0.1, 0.15) is 0 Å². The van der Waals surface area contributed by atoms with E-state index >= 15 is 0 Å². The zero-order valence-electron chi connectivity index (χ0n) is 25.1. The fraction of sp³-hybridized carbons (Fsp3) is 0.0222. The van der Waals surface area contributed by atoms with E-state index in [4.69, 9.17) is 0 Å². The van der Waals surface area contributed by atoms with Gasteiger partial charge in [0.2, 0.25) is 0 Å². The molecule has 1 heteroatoms. The zero-order valence-corrected chi connectivity index (χ0v) is 25.9. The van der Waals surface area contributed by atoms with Gasteiger partial charge in [-0.3, -0.25) is 0 Å². The molecular formula is C45H28S. The Morgan fingerprint density at radius 3 is 1.98 bits per heavy atom. The van der Waals surface area contributed by atoms with Crippen LogP contribution >= 0.6 is 11.8 Å². The number of hydrogen-bond donors (Lipinski definition) is 0. The lowest BCUT2D eigenvalue weighted by atomic mass is 9.67. The molecule has 46 heavy (non-hydrogen) atoms. The summed E-state index contributed by atoms with van der Waals surface area (Å²) in [4.78, 5) is 2.66. The monoisotopic (exact) mass is 600 g/mol. The third kappa shape index (κ3) is 3.52. The van der Waals surface area contributed by atoms with Crippen LogP contribution in [0.15, 0.2) is 180 Å². The predicted molar refractivity (Wildman–Crippen MR) is 194 cm³/mol. The molecule has 1 atom stereocenters. The molecule has 1 heterocycles. The smallest absolute Gasteiger partial charge is 0.0713 e. The standard InChI is InChI=1S/C45H28S/c1-2-13-33(14-3-1)45(39-18-7-6-16-37(39)44-35-15-5-4-10-30(35)22-26-40(44)45)34-24-20-29(21-25-34)32-23-27-41-38(28-32)36-17-8-11-31-12-9-19-42(46-41)43(31)36/h1-28H. The number of benzene rings is 8. The van der Waals surface area contributed by atoms with Gasteiger partial charge in [-0.25, -0.2) is 0 Å². The van der Waals surface area contributed by atoms with E-state index in [1.54, 1.807) is 0 Å². The second-order valence-electron chi connectivity index (χ2n) is 12.4. The van der Waals surface area contributed by atoms with Crippen LogP contribution in [-0.2, 0) is 5.41 Å². The van der Waals surface area contributed by atoms with Gasteiger partial charge in [0.25, 0.3) is 0 Å². The van der Waals surface area contributed by atoms with Gasteiger partial charge < -0.3 is 0 Å². The zero-order chi connectivity index (χ0) is 30.2. The first-order valence-electron chi connectivity index (χ1n) is 15.9. The lowest BCUT2D eigenvalue weighted by Gasteiger charge is -2.34. The van der Waals surface area contributed by atoms with Crippen molar-refractivity contribution >= 4 is 33.3 Å². The molecule has 1 unspecified atom stereocenters. The normalized spacial score (nSPS) is 15.8. The van der Waals surface area contributed by atoms with Crippen LogP contribution in [0.2, 0.25) is 0 Å². The summed E-state index contributed by atoms with van der Waals surface area (Å²) in [7, 11) is 0. The van der Waals surface area contributed by atoms with E-state index in [1.165, 1.54) is 87.0 Å². The molecule has 0 nitrogen and oxygen atoms in total. The molecule has 214 valence electrons. The molecule has 0 N–H and O–H groups in total. The second-order valence-corrected chi connectivity index (χ2v) is 13.5. The highest BCUT2D eigenvalue weighted by molar-refractivity contribution is 7.99. The summed E-state index contributed by atoms with van der Waals surface area (Å²) in [6, 6.07) is 63.3. The van der Waals surface area contributed by atoms with Gasteiger partial charge >= 0.3 is 0 Å². The van der Waals surface area contributed by atoms with Crippen molar-refractivity contribution < 1.29 is 0 Å². The lowest BCUT2D eigenvalue weighted by Crippen LogP contribution is -2.28. The van der Waals surface area contributed by atoms with E-state index in [1.807, 2.05) is 11.8 Å². The molecular weight excluding hydrogens is 573 g/mol. The summed E-state index contributed by atoms with van der Waals surface area (Å²) in [5.41, 5.74) is 12.7. The SMILES string of the molecule is c1ccc(C2(c3ccc(-c4ccc5c(c4)-c4cccc6cccc(c46)S5)cc3)c3ccccc3-c3c2ccc2ccccc32)cc1. The summed E-state index contributed by atoms with van der Waals surface area (Å²) in [5, 5.41) is 5.26. The predicted octanol–water partition coefficient (Wildman–Crippen LogP) is 12.2. The largest absolute Gasteiger partial charge is 0.0888 e. The molecule has 10 rings (SSSR count). The average molecular weight is 601 g/mol. The molecule has 0 saturated heterocycles. The van der Waals surface area contributed by atoms with Crippen molar-refractivity contribution in [2.45, 2.75) is 15.2 Å². The van der Waals surface area contributed by atoms with Gasteiger partial charge in [-0.2, -0.15) is 0 Å². The number of rotatable bonds is 3. The maximum Gasteiger partial charge on any atom is 0.0713 e. The van der Waals surface area contributed by atoms with Crippen LogP contribution in [0.4, 0.5) is 0 Å². The van der Waals surface area contributed by atoms with E-state index in [-0.39, 0.29) is 0 Å². The number of fused-ring (bicyclic) bond motifs is 7. The minimum atomic E-state index is -0.415. The Morgan fingerprint density at radius 2 is 1.09 bits per heavy atom. The summed E-state index contributed by atoms with van der Waals surface area (Å²) in [6.45, 7) is 0. The van der Waals surface area contributed by atoms with Crippen LogP contribution in [-0.4, -0.2) is 0 Å². The Balaban J connectivity index is 1.17. The topological polar surface area (TPSA) is 0 Å². The summed E-state index contributed by atoms with van der Waals surface area (Å²) in [6.07, 6.45) is 0. The van der Waals surface area contributed by atoms with Crippen LogP contribution < -0.4 is 0 Å². The van der Waals surface area contributed by atoms with Crippen LogP contribution in [0.1, 0.15) is 22.3 Å². The third-order valence-corrected chi connectivity index (χ3v) is 11.3. The maximum absolute atomic E-state index is 2.39. The highest BCUT2D eigenvalue weighted by Crippen LogP contribution is 2.58. The van der Waals surface area contributed by atoms with Crippen molar-refractivity contribution in [1.82, 2.24) is 0 Å². The van der Waals surface area contributed by atoms with Crippen molar-refractivity contribution in [1.29, 1.82) is 0 Å². The molecule has 0 saturated carbocycles. The van der Waals surface area contributed by atoms with Crippen LogP contribution in [0.25, 0.3) is 54.9 Å². The average Bonchev–Trinajstić information content (AvgIpc) is 3.44. The van der Waals surface area contributed by atoms with E-state index in [0.717, 1.165) is 0 Å². The fourth-order valence-corrected chi connectivity index (χ4v) is 9.31. The fourth-order valence-electron chi connectivity index (χ4n) is 8.18. The van der Waals surface area contributed by atoms with Gasteiger partial charge in [-0.05, 0) is 90.0 Å². The van der Waals surface area contributed by atoms with E-state index in [0.29, 0.717) is 0 Å². The van der Waals surface area contributed by atoms with Crippen molar-refractivity contribution in [2.24, 2.45) is 0 Å². The molecule has 0 radical (unpaired) electrons. The minimum Gasteiger partial charge on any atom is -0.0888 e. The second kappa shape index (κ2) is 9.81. The van der Waals surface area contributed by atoms with Gasteiger partial charge in [-0.15, -0.1) is 0 Å². The first kappa shape index (κ1) is 25.9. The quantitative estimate of drug-likeness (QED) is 0.194. The summed E-state index contributed by atoms with van der Waals surface area (Å²) in [5.74, 6) is 0. The lowest BCUT2D eigenvalue weighted by molar-refractivity contribution is 0.769. The highest BCUT2D eigenvalue weighted by atomic mass is 32.2. The minimum absolute atomic E-state index is 0.415. The van der Waals surface area contributed by atoms with Crippen molar-refractivity contribution in [2.75, 3.05) is 0 Å². The van der Waals surface area contributed by atoms with Gasteiger partial charge in [0, 0.05) is 15.2 Å². The van der Waals surface area contributed by atoms with Gasteiger partial charge in [0.15, 0.2) is 0 Å². The Hall–Kier alpha value is -5.37. The van der Waals surface area contributed by atoms with Crippen molar-refractivity contribution in [3.63, 3.8) is 0 Å². The Kier molecular flexibility index (Phi) is 5.53.